The van der Waals surface area contributed by atoms with Gasteiger partial charge in [-0.05, 0) is 43.7 Å². The van der Waals surface area contributed by atoms with Gasteiger partial charge in [0, 0.05) is 24.8 Å². The fraction of sp³-hybridized carbons (Fsp3) is 0.480. The number of aliphatic imine (C=N–C) groups is 1. The number of carbonyl (C=O) groups is 3. The lowest BCUT2D eigenvalue weighted by atomic mass is 10.0. The maximum atomic E-state index is 13.2. The molecule has 0 unspecified atom stereocenters. The summed E-state index contributed by atoms with van der Waals surface area (Å²) >= 11 is 0. The molecule has 0 aliphatic carbocycles. The van der Waals surface area contributed by atoms with Crippen LogP contribution in [0.25, 0.3) is 11.0 Å². The average Bonchev–Trinajstić information content (AvgIpc) is 3.34. The van der Waals surface area contributed by atoms with Crippen molar-refractivity contribution in [1.82, 2.24) is 10.2 Å². The summed E-state index contributed by atoms with van der Waals surface area (Å²) in [5.41, 5.74) is 16.4. The number of benzene rings is 1. The van der Waals surface area contributed by atoms with E-state index in [1.807, 2.05) is 13.8 Å². The van der Waals surface area contributed by atoms with E-state index in [2.05, 4.69) is 15.6 Å². The highest BCUT2D eigenvalue weighted by Gasteiger charge is 2.38. The molecule has 1 aliphatic heterocycles. The van der Waals surface area contributed by atoms with E-state index < -0.39 is 35.6 Å². The monoisotopic (exact) mass is 529 g/mol. The van der Waals surface area contributed by atoms with Gasteiger partial charge >= 0.3 is 5.63 Å². The Morgan fingerprint density at radius 2 is 1.97 bits per heavy atom. The molecule has 13 nitrogen and oxygen atoms in total. The lowest BCUT2D eigenvalue weighted by Crippen LogP contribution is -2.55. The number of guanidine groups is 1. The Bertz CT molecular complexity index is 1270. The van der Waals surface area contributed by atoms with Crippen molar-refractivity contribution >= 4 is 40.3 Å². The van der Waals surface area contributed by atoms with Crippen molar-refractivity contribution in [2.45, 2.75) is 57.7 Å². The Kier molecular flexibility index (Phi) is 9.29. The number of carbonyl (C=O) groups excluding carboxylic acids is 3. The number of amides is 3. The number of rotatable bonds is 10. The van der Waals surface area contributed by atoms with Gasteiger partial charge in [0.15, 0.2) is 5.96 Å². The fourth-order valence-corrected chi connectivity index (χ4v) is 4.27. The number of hydrogen-bond donors (Lipinski definition) is 6. The summed E-state index contributed by atoms with van der Waals surface area (Å²) < 4.78 is 5.11. The molecule has 3 amide bonds. The largest absolute Gasteiger partial charge is 0.507 e. The van der Waals surface area contributed by atoms with Crippen molar-refractivity contribution in [3.05, 3.63) is 34.7 Å². The first-order chi connectivity index (χ1) is 18.0. The van der Waals surface area contributed by atoms with Gasteiger partial charge in [-0.1, -0.05) is 13.8 Å². The van der Waals surface area contributed by atoms with Crippen LogP contribution in [0.1, 0.15) is 39.5 Å². The van der Waals surface area contributed by atoms with Gasteiger partial charge in [-0.3, -0.25) is 19.4 Å². The Balaban J connectivity index is 1.77. The molecular weight excluding hydrogens is 494 g/mol. The SMILES string of the molecule is CC(C)[C@H](N)C(=O)N1CCC[C@H]1C(=O)N[C@@H](CCCN=C(N)N)C(=O)Nc1ccc2c(O)cc(=O)oc2c1. The van der Waals surface area contributed by atoms with Gasteiger partial charge in [-0.2, -0.15) is 0 Å². The van der Waals surface area contributed by atoms with Crippen molar-refractivity contribution in [3.8, 4) is 5.75 Å². The topological polar surface area (TPSA) is 219 Å². The summed E-state index contributed by atoms with van der Waals surface area (Å²) in [6.45, 7) is 4.33. The minimum Gasteiger partial charge on any atom is -0.507 e. The van der Waals surface area contributed by atoms with E-state index in [4.69, 9.17) is 21.6 Å². The number of nitrogens with two attached hydrogens (primary N) is 3. The molecule has 2 aromatic rings. The molecule has 0 spiro atoms. The van der Waals surface area contributed by atoms with Crippen LogP contribution in [0, 0.1) is 5.92 Å². The van der Waals surface area contributed by atoms with Gasteiger partial charge in [0.05, 0.1) is 17.5 Å². The molecule has 1 aromatic heterocycles. The summed E-state index contributed by atoms with van der Waals surface area (Å²) in [5, 5.41) is 15.7. The fourth-order valence-electron chi connectivity index (χ4n) is 4.27. The zero-order valence-corrected chi connectivity index (χ0v) is 21.5. The van der Waals surface area contributed by atoms with E-state index in [0.29, 0.717) is 36.9 Å². The third-order valence-corrected chi connectivity index (χ3v) is 6.41. The Labute approximate surface area is 219 Å². The van der Waals surface area contributed by atoms with Crippen molar-refractivity contribution in [2.24, 2.45) is 28.1 Å². The van der Waals surface area contributed by atoms with Crippen molar-refractivity contribution in [3.63, 3.8) is 0 Å². The van der Waals surface area contributed by atoms with Crippen LogP contribution in [0.15, 0.2) is 38.5 Å². The van der Waals surface area contributed by atoms with Crippen LogP contribution in [0.5, 0.6) is 5.75 Å². The Morgan fingerprint density at radius 1 is 1.24 bits per heavy atom. The number of likely N-dealkylation sites (tertiary alicyclic amines) is 1. The lowest BCUT2D eigenvalue weighted by molar-refractivity contribution is -0.140. The highest BCUT2D eigenvalue weighted by atomic mass is 16.4. The molecule has 9 N–H and O–H groups in total. The zero-order valence-electron chi connectivity index (χ0n) is 21.5. The highest BCUT2D eigenvalue weighted by molar-refractivity contribution is 6.00. The first kappa shape index (κ1) is 28.4. The van der Waals surface area contributed by atoms with E-state index in [1.165, 1.54) is 23.1 Å². The lowest BCUT2D eigenvalue weighted by Gasteiger charge is -2.29. The molecule has 0 bridgehead atoms. The first-order valence-electron chi connectivity index (χ1n) is 12.5. The van der Waals surface area contributed by atoms with Gasteiger partial charge in [0.2, 0.25) is 17.7 Å². The summed E-state index contributed by atoms with van der Waals surface area (Å²) in [7, 11) is 0. The van der Waals surface area contributed by atoms with Crippen LogP contribution in [0.3, 0.4) is 0 Å². The Hall–Kier alpha value is -4.13. The quantitative estimate of drug-likeness (QED) is 0.105. The standard InChI is InChI=1S/C25H35N7O6/c1-13(2)21(26)24(37)32-10-4-6-17(32)23(36)31-16(5-3-9-29-25(27)28)22(35)30-14-7-8-15-18(33)12-20(34)38-19(15)11-14/h7-8,11-13,16-17,21,33H,3-6,9-10,26H2,1-2H3,(H,30,35)(H,31,36)(H4,27,28,29)/t16-,17-,21-/m0/s1. The molecule has 1 saturated heterocycles. The molecule has 38 heavy (non-hydrogen) atoms. The second-order valence-electron chi connectivity index (χ2n) is 9.62. The van der Waals surface area contributed by atoms with Crippen LogP contribution in [0.4, 0.5) is 5.69 Å². The van der Waals surface area contributed by atoms with E-state index in [9.17, 15) is 24.3 Å². The van der Waals surface area contributed by atoms with Crippen molar-refractivity contribution < 1.29 is 23.9 Å². The van der Waals surface area contributed by atoms with Crippen LogP contribution < -0.4 is 33.5 Å². The van der Waals surface area contributed by atoms with E-state index >= 15 is 0 Å². The molecule has 0 saturated carbocycles. The minimum absolute atomic E-state index is 0.0856. The summed E-state index contributed by atoms with van der Waals surface area (Å²) in [5.74, 6) is -1.70. The first-order valence-corrected chi connectivity index (χ1v) is 12.5. The molecule has 2 heterocycles. The van der Waals surface area contributed by atoms with Crippen LogP contribution in [-0.2, 0) is 14.4 Å². The van der Waals surface area contributed by atoms with Gasteiger partial charge in [-0.15, -0.1) is 0 Å². The predicted molar refractivity (Wildman–Crippen MR) is 142 cm³/mol. The third kappa shape index (κ3) is 7.00. The van der Waals surface area contributed by atoms with Crippen LogP contribution >= 0.6 is 0 Å². The molecule has 13 heteroatoms. The number of nitrogens with zero attached hydrogens (tertiary/aromatic N) is 2. The number of aromatic hydroxyl groups is 1. The number of anilines is 1. The maximum Gasteiger partial charge on any atom is 0.339 e. The van der Waals surface area contributed by atoms with Crippen molar-refractivity contribution in [1.29, 1.82) is 0 Å². The molecule has 1 fully saturated rings. The van der Waals surface area contributed by atoms with E-state index in [-0.39, 0.29) is 42.1 Å². The van der Waals surface area contributed by atoms with E-state index in [0.717, 1.165) is 6.07 Å². The second-order valence-corrected chi connectivity index (χ2v) is 9.62. The molecule has 3 atom stereocenters. The highest BCUT2D eigenvalue weighted by Crippen LogP contribution is 2.25. The summed E-state index contributed by atoms with van der Waals surface area (Å²) in [4.78, 5) is 56.3. The third-order valence-electron chi connectivity index (χ3n) is 6.41. The molecule has 0 radical (unpaired) electrons. The van der Waals surface area contributed by atoms with Gasteiger partial charge in [0.1, 0.15) is 23.4 Å². The summed E-state index contributed by atoms with van der Waals surface area (Å²) in [6.07, 6.45) is 1.70. The number of nitrogens with one attached hydrogen (secondary N) is 2. The summed E-state index contributed by atoms with van der Waals surface area (Å²) in [6, 6.07) is 2.94. The van der Waals surface area contributed by atoms with E-state index in [1.54, 1.807) is 0 Å². The molecule has 1 aliphatic rings. The normalized spacial score (nSPS) is 16.7. The molecule has 1 aromatic carbocycles. The molecule has 3 rings (SSSR count). The average molecular weight is 530 g/mol. The van der Waals surface area contributed by atoms with Gasteiger partial charge < -0.3 is 42.3 Å². The number of fused-ring (bicyclic) bond motifs is 1. The van der Waals surface area contributed by atoms with Gasteiger partial charge in [-0.25, -0.2) is 4.79 Å². The molecule has 206 valence electrons. The number of hydrogen-bond acceptors (Lipinski definition) is 8. The zero-order chi connectivity index (χ0) is 28.0. The second kappa shape index (κ2) is 12.4. The maximum absolute atomic E-state index is 13.2. The van der Waals surface area contributed by atoms with Gasteiger partial charge in [0.25, 0.3) is 0 Å². The van der Waals surface area contributed by atoms with Crippen LogP contribution in [-0.4, -0.2) is 64.9 Å². The van der Waals surface area contributed by atoms with Crippen LogP contribution in [0.2, 0.25) is 0 Å². The minimum atomic E-state index is -0.972. The molecular formula is C25H35N7O6. The Morgan fingerprint density at radius 3 is 2.66 bits per heavy atom. The predicted octanol–water partition coefficient (Wildman–Crippen LogP) is -0.0502. The van der Waals surface area contributed by atoms with Crippen molar-refractivity contribution in [2.75, 3.05) is 18.4 Å². The smallest absolute Gasteiger partial charge is 0.339 e.